The molecule has 1 amide bonds. The van der Waals surface area contributed by atoms with Crippen LogP contribution in [0.5, 0.6) is 0 Å². The molecule has 122 valence electrons. The molecular weight excluding hydrogens is 298 g/mol. The van der Waals surface area contributed by atoms with Crippen LogP contribution in [0.1, 0.15) is 42.3 Å². The summed E-state index contributed by atoms with van der Waals surface area (Å²) in [6, 6.07) is 0. The van der Waals surface area contributed by atoms with Gasteiger partial charge in [-0.1, -0.05) is 6.42 Å². The van der Waals surface area contributed by atoms with E-state index < -0.39 is 0 Å². The summed E-state index contributed by atoms with van der Waals surface area (Å²) < 4.78 is 3.53. The lowest BCUT2D eigenvalue weighted by atomic mass is 10.0. The molecule has 23 heavy (non-hydrogen) atoms. The predicted octanol–water partition coefficient (Wildman–Crippen LogP) is -0.328. The zero-order chi connectivity index (χ0) is 15.8. The fraction of sp³-hybridized carbons (Fsp3) is 0.643. The minimum absolute atomic E-state index is 0.0411. The number of fused-ring (bicyclic) bond motifs is 2. The van der Waals surface area contributed by atoms with Crippen molar-refractivity contribution in [2.45, 2.75) is 51.4 Å². The van der Waals surface area contributed by atoms with Crippen molar-refractivity contribution in [2.24, 2.45) is 0 Å². The molecule has 4 heterocycles. The van der Waals surface area contributed by atoms with Gasteiger partial charge in [-0.3, -0.25) is 9.48 Å². The Morgan fingerprint density at radius 3 is 3.13 bits per heavy atom. The summed E-state index contributed by atoms with van der Waals surface area (Å²) in [5.74, 6) is 0.492. The number of hydrogen-bond donors (Lipinski definition) is 1. The van der Waals surface area contributed by atoms with Crippen LogP contribution in [0, 0.1) is 0 Å². The first-order valence-corrected chi connectivity index (χ1v) is 7.97. The number of rotatable bonds is 3. The van der Waals surface area contributed by atoms with E-state index in [-0.39, 0.29) is 18.4 Å². The van der Waals surface area contributed by atoms with Crippen LogP contribution in [0.3, 0.4) is 0 Å². The monoisotopic (exact) mass is 317 g/mol. The SMILES string of the molecule is O=C([C@@H]1CCCCn2nnnc21)N1Cc2cnn(CCO)c2C1. The van der Waals surface area contributed by atoms with E-state index in [2.05, 4.69) is 20.6 Å². The van der Waals surface area contributed by atoms with Gasteiger partial charge in [-0.15, -0.1) is 5.10 Å². The van der Waals surface area contributed by atoms with Crippen LogP contribution < -0.4 is 0 Å². The molecule has 0 unspecified atom stereocenters. The molecule has 0 spiro atoms. The van der Waals surface area contributed by atoms with Gasteiger partial charge in [-0.2, -0.15) is 5.10 Å². The van der Waals surface area contributed by atoms with Gasteiger partial charge in [0.2, 0.25) is 5.91 Å². The Balaban J connectivity index is 1.55. The number of nitrogens with zero attached hydrogens (tertiary/aromatic N) is 7. The summed E-state index contributed by atoms with van der Waals surface area (Å²) in [5.41, 5.74) is 2.07. The van der Waals surface area contributed by atoms with E-state index >= 15 is 0 Å². The largest absolute Gasteiger partial charge is 0.394 e. The Labute approximate surface area is 132 Å². The lowest BCUT2D eigenvalue weighted by Crippen LogP contribution is -2.32. The molecular formula is C14H19N7O2. The molecule has 0 radical (unpaired) electrons. The number of carbonyl (C=O) groups is 1. The van der Waals surface area contributed by atoms with Crippen molar-refractivity contribution in [3.63, 3.8) is 0 Å². The fourth-order valence-corrected chi connectivity index (χ4v) is 3.46. The third-order valence-electron chi connectivity index (χ3n) is 4.64. The van der Waals surface area contributed by atoms with Crippen LogP contribution >= 0.6 is 0 Å². The third kappa shape index (κ3) is 2.40. The minimum Gasteiger partial charge on any atom is -0.394 e. The quantitative estimate of drug-likeness (QED) is 0.832. The van der Waals surface area contributed by atoms with Crippen LogP contribution in [0.15, 0.2) is 6.20 Å². The van der Waals surface area contributed by atoms with Crippen molar-refractivity contribution in [1.82, 2.24) is 34.9 Å². The molecule has 9 heteroatoms. The maximum absolute atomic E-state index is 13.0. The predicted molar refractivity (Wildman–Crippen MR) is 78.0 cm³/mol. The van der Waals surface area contributed by atoms with Crippen LogP contribution in [-0.4, -0.2) is 52.5 Å². The minimum atomic E-state index is -0.268. The lowest BCUT2D eigenvalue weighted by Gasteiger charge is -2.21. The van der Waals surface area contributed by atoms with Gasteiger partial charge in [0, 0.05) is 18.7 Å². The summed E-state index contributed by atoms with van der Waals surface area (Å²) in [7, 11) is 0. The van der Waals surface area contributed by atoms with Crippen LogP contribution in [0.25, 0.3) is 0 Å². The third-order valence-corrected chi connectivity index (χ3v) is 4.64. The molecule has 1 N–H and O–H groups in total. The van der Waals surface area contributed by atoms with Crippen LogP contribution in [-0.2, 0) is 31.0 Å². The van der Waals surface area contributed by atoms with Crippen LogP contribution in [0.4, 0.5) is 0 Å². The average molecular weight is 317 g/mol. The van der Waals surface area contributed by atoms with Gasteiger partial charge >= 0.3 is 0 Å². The van der Waals surface area contributed by atoms with Crippen molar-refractivity contribution < 1.29 is 9.90 Å². The summed E-state index contributed by atoms with van der Waals surface area (Å²) in [4.78, 5) is 14.8. The fourth-order valence-electron chi connectivity index (χ4n) is 3.46. The van der Waals surface area contributed by atoms with E-state index in [9.17, 15) is 4.79 Å². The second kappa shape index (κ2) is 5.73. The molecule has 0 saturated carbocycles. The highest BCUT2D eigenvalue weighted by molar-refractivity contribution is 5.83. The highest BCUT2D eigenvalue weighted by Crippen LogP contribution is 2.30. The number of amides is 1. The number of aliphatic hydroxyl groups is 1. The second-order valence-corrected chi connectivity index (χ2v) is 6.07. The topological polar surface area (TPSA) is 102 Å². The summed E-state index contributed by atoms with van der Waals surface area (Å²) in [5, 5.41) is 25.1. The standard InChI is InChI=1S/C14H19N7O2/c22-6-5-20-12-9-19(8-10(12)7-15-20)14(23)11-3-1-2-4-21-13(11)16-17-18-21/h7,11,22H,1-6,8-9H2/t11-/m1/s1. The number of aliphatic hydroxyl groups excluding tert-OH is 1. The number of carbonyl (C=O) groups excluding carboxylic acids is 1. The van der Waals surface area contributed by atoms with E-state index in [1.807, 2.05) is 4.90 Å². The van der Waals surface area contributed by atoms with E-state index in [4.69, 9.17) is 5.11 Å². The maximum Gasteiger partial charge on any atom is 0.234 e. The molecule has 4 rings (SSSR count). The van der Waals surface area contributed by atoms with E-state index in [1.165, 1.54) is 0 Å². The van der Waals surface area contributed by atoms with E-state index in [1.54, 1.807) is 15.6 Å². The van der Waals surface area contributed by atoms with Crippen molar-refractivity contribution in [1.29, 1.82) is 0 Å². The van der Waals surface area contributed by atoms with E-state index in [0.717, 1.165) is 37.1 Å². The van der Waals surface area contributed by atoms with Gasteiger partial charge in [0.1, 0.15) is 0 Å². The van der Waals surface area contributed by atoms with E-state index in [0.29, 0.717) is 25.5 Å². The number of aryl methyl sites for hydroxylation is 1. The number of hydrogen-bond acceptors (Lipinski definition) is 6. The molecule has 9 nitrogen and oxygen atoms in total. The molecule has 0 bridgehead atoms. The Morgan fingerprint density at radius 1 is 1.35 bits per heavy atom. The molecule has 1 atom stereocenters. The zero-order valence-electron chi connectivity index (χ0n) is 12.8. The Hall–Kier alpha value is -2.29. The highest BCUT2D eigenvalue weighted by Gasteiger charge is 2.35. The molecule has 0 fully saturated rings. The molecule has 2 aromatic heterocycles. The average Bonchev–Trinajstić information content (AvgIpc) is 3.22. The number of aromatic nitrogens is 6. The molecule has 0 aliphatic carbocycles. The van der Waals surface area contributed by atoms with Gasteiger partial charge in [-0.05, 0) is 23.3 Å². The maximum atomic E-state index is 13.0. The van der Waals surface area contributed by atoms with Crippen molar-refractivity contribution >= 4 is 5.91 Å². The van der Waals surface area contributed by atoms with Gasteiger partial charge in [0.15, 0.2) is 5.82 Å². The Morgan fingerprint density at radius 2 is 2.26 bits per heavy atom. The highest BCUT2D eigenvalue weighted by atomic mass is 16.3. The van der Waals surface area contributed by atoms with Crippen LogP contribution in [0.2, 0.25) is 0 Å². The first-order chi connectivity index (χ1) is 11.3. The second-order valence-electron chi connectivity index (χ2n) is 6.07. The lowest BCUT2D eigenvalue weighted by molar-refractivity contribution is -0.133. The first-order valence-electron chi connectivity index (χ1n) is 7.97. The smallest absolute Gasteiger partial charge is 0.234 e. The summed E-state index contributed by atoms with van der Waals surface area (Å²) in [6.45, 7) is 2.38. The summed E-state index contributed by atoms with van der Waals surface area (Å²) in [6.07, 6.45) is 4.55. The molecule has 0 aromatic carbocycles. The molecule has 2 aliphatic rings. The van der Waals surface area contributed by atoms with Gasteiger partial charge < -0.3 is 10.0 Å². The molecule has 2 aliphatic heterocycles. The molecule has 2 aromatic rings. The Bertz CT molecular complexity index is 723. The Kier molecular flexibility index (Phi) is 3.56. The summed E-state index contributed by atoms with van der Waals surface area (Å²) >= 11 is 0. The number of tetrazole rings is 1. The first kappa shape index (κ1) is 14.3. The van der Waals surface area contributed by atoms with Crippen molar-refractivity contribution in [3.8, 4) is 0 Å². The van der Waals surface area contributed by atoms with Gasteiger partial charge in [0.05, 0.1) is 37.5 Å². The van der Waals surface area contributed by atoms with Gasteiger partial charge in [0.25, 0.3) is 0 Å². The normalized spacial score (nSPS) is 20.2. The zero-order valence-corrected chi connectivity index (χ0v) is 12.8. The molecule has 0 saturated heterocycles. The van der Waals surface area contributed by atoms with Crippen molar-refractivity contribution in [2.75, 3.05) is 6.61 Å². The van der Waals surface area contributed by atoms with Gasteiger partial charge in [-0.25, -0.2) is 4.68 Å². The van der Waals surface area contributed by atoms with Crippen molar-refractivity contribution in [3.05, 3.63) is 23.3 Å².